The Morgan fingerprint density at radius 2 is 1.68 bits per heavy atom. The fraction of sp³-hybridized carbons (Fsp3) is 0.562. The number of amides is 1. The quantitative estimate of drug-likeness (QED) is 0.756. The van der Waals surface area contributed by atoms with Gasteiger partial charge in [0, 0.05) is 45.8 Å². The molecule has 1 aromatic carbocycles. The monoisotopic (exact) mass is 371 g/mol. The van der Waals surface area contributed by atoms with Crippen LogP contribution in [0.15, 0.2) is 12.1 Å². The fourth-order valence-corrected chi connectivity index (χ4v) is 3.94. The van der Waals surface area contributed by atoms with Crippen LogP contribution in [0.2, 0.25) is 0 Å². The standard InChI is InChI=1S/C16H25N3O5S/c1-12-14(23-4)7-6-13(15(12)24-5)16(20)18-8-10-19(11-9-18)25(21,22)17(2)3/h6-7H,8-11H2,1-5H3. The van der Waals surface area contributed by atoms with Gasteiger partial charge in [0.25, 0.3) is 16.1 Å². The molecule has 1 saturated heterocycles. The third-order valence-corrected chi connectivity index (χ3v) is 6.26. The molecule has 0 saturated carbocycles. The SMILES string of the molecule is COc1ccc(C(=O)N2CCN(S(=O)(=O)N(C)C)CC2)c(OC)c1C. The Kier molecular flexibility index (Phi) is 5.91. The normalized spacial score (nSPS) is 16.2. The van der Waals surface area contributed by atoms with Crippen molar-refractivity contribution in [3.63, 3.8) is 0 Å². The molecular formula is C16H25N3O5S. The fourth-order valence-electron chi connectivity index (χ4n) is 2.85. The Morgan fingerprint density at radius 3 is 2.16 bits per heavy atom. The van der Waals surface area contributed by atoms with Crippen LogP contribution in [-0.4, -0.2) is 82.3 Å². The maximum Gasteiger partial charge on any atom is 0.281 e. The number of carbonyl (C=O) groups excluding carboxylic acids is 1. The van der Waals surface area contributed by atoms with Gasteiger partial charge in [-0.15, -0.1) is 0 Å². The zero-order valence-electron chi connectivity index (χ0n) is 15.3. The topological polar surface area (TPSA) is 79.4 Å². The van der Waals surface area contributed by atoms with E-state index in [-0.39, 0.29) is 19.0 Å². The summed E-state index contributed by atoms with van der Waals surface area (Å²) >= 11 is 0. The molecule has 0 aliphatic carbocycles. The van der Waals surface area contributed by atoms with Crippen molar-refractivity contribution >= 4 is 16.1 Å². The molecule has 0 atom stereocenters. The number of nitrogens with zero attached hydrogens (tertiary/aromatic N) is 3. The maximum atomic E-state index is 12.8. The molecule has 1 aliphatic rings. The predicted molar refractivity (Wildman–Crippen MR) is 94.4 cm³/mol. The molecule has 8 nitrogen and oxygen atoms in total. The zero-order chi connectivity index (χ0) is 18.8. The van der Waals surface area contributed by atoms with Crippen LogP contribution in [0.5, 0.6) is 11.5 Å². The lowest BCUT2D eigenvalue weighted by Gasteiger charge is -2.35. The Hall–Kier alpha value is -1.84. The highest BCUT2D eigenvalue weighted by Crippen LogP contribution is 2.32. The van der Waals surface area contributed by atoms with Crippen LogP contribution >= 0.6 is 0 Å². The van der Waals surface area contributed by atoms with Crippen molar-refractivity contribution < 1.29 is 22.7 Å². The van der Waals surface area contributed by atoms with Crippen molar-refractivity contribution in [2.45, 2.75) is 6.92 Å². The van der Waals surface area contributed by atoms with Crippen molar-refractivity contribution in [1.29, 1.82) is 0 Å². The highest BCUT2D eigenvalue weighted by molar-refractivity contribution is 7.86. The van der Waals surface area contributed by atoms with E-state index in [0.29, 0.717) is 30.2 Å². The van der Waals surface area contributed by atoms with Gasteiger partial charge >= 0.3 is 0 Å². The number of ether oxygens (including phenoxy) is 2. The van der Waals surface area contributed by atoms with Crippen LogP contribution in [-0.2, 0) is 10.2 Å². The van der Waals surface area contributed by atoms with Gasteiger partial charge in [-0.1, -0.05) is 0 Å². The van der Waals surface area contributed by atoms with Gasteiger partial charge < -0.3 is 14.4 Å². The molecule has 9 heteroatoms. The smallest absolute Gasteiger partial charge is 0.281 e. The lowest BCUT2D eigenvalue weighted by Crippen LogP contribution is -2.53. The van der Waals surface area contributed by atoms with Gasteiger partial charge in [0.05, 0.1) is 19.8 Å². The first-order valence-corrected chi connectivity index (χ1v) is 9.32. The summed E-state index contributed by atoms with van der Waals surface area (Å²) in [7, 11) is 2.62. The molecule has 1 aliphatic heterocycles. The molecule has 25 heavy (non-hydrogen) atoms. The van der Waals surface area contributed by atoms with E-state index >= 15 is 0 Å². The van der Waals surface area contributed by atoms with Gasteiger partial charge in [0.15, 0.2) is 0 Å². The molecule has 0 N–H and O–H groups in total. The van der Waals surface area contributed by atoms with Gasteiger partial charge in [-0.3, -0.25) is 4.79 Å². The summed E-state index contributed by atoms with van der Waals surface area (Å²) in [4.78, 5) is 14.5. The predicted octanol–water partition coefficient (Wildman–Crippen LogP) is 0.576. The molecule has 0 aromatic heterocycles. The molecule has 0 spiro atoms. The van der Waals surface area contributed by atoms with Crippen molar-refractivity contribution in [3.05, 3.63) is 23.3 Å². The van der Waals surface area contributed by atoms with E-state index in [1.807, 2.05) is 6.92 Å². The summed E-state index contributed by atoms with van der Waals surface area (Å²) in [5.41, 5.74) is 1.20. The summed E-state index contributed by atoms with van der Waals surface area (Å²) in [6.07, 6.45) is 0. The minimum absolute atomic E-state index is 0.176. The number of benzene rings is 1. The van der Waals surface area contributed by atoms with E-state index in [1.54, 1.807) is 24.1 Å². The Bertz CT molecular complexity index is 740. The average molecular weight is 371 g/mol. The first-order valence-electron chi connectivity index (χ1n) is 7.92. The molecule has 0 bridgehead atoms. The molecule has 1 aromatic rings. The van der Waals surface area contributed by atoms with E-state index in [0.717, 1.165) is 5.56 Å². The van der Waals surface area contributed by atoms with Gasteiger partial charge in [0.1, 0.15) is 11.5 Å². The number of methoxy groups -OCH3 is 2. The molecule has 2 rings (SSSR count). The van der Waals surface area contributed by atoms with Gasteiger partial charge in [-0.05, 0) is 19.1 Å². The minimum Gasteiger partial charge on any atom is -0.496 e. The molecule has 1 fully saturated rings. The lowest BCUT2D eigenvalue weighted by molar-refractivity contribution is 0.0691. The second-order valence-corrected chi connectivity index (χ2v) is 8.10. The van der Waals surface area contributed by atoms with Crippen LogP contribution in [0.25, 0.3) is 0 Å². The summed E-state index contributed by atoms with van der Waals surface area (Å²) in [6.45, 7) is 3.03. The Balaban J connectivity index is 2.18. The van der Waals surface area contributed by atoms with Crippen molar-refractivity contribution in [2.24, 2.45) is 0 Å². The first kappa shape index (κ1) is 19.5. The lowest BCUT2D eigenvalue weighted by atomic mass is 10.1. The number of hydrogen-bond acceptors (Lipinski definition) is 5. The third kappa shape index (κ3) is 3.73. The van der Waals surface area contributed by atoms with E-state index < -0.39 is 10.2 Å². The molecule has 0 radical (unpaired) electrons. The second kappa shape index (κ2) is 7.59. The van der Waals surface area contributed by atoms with E-state index in [4.69, 9.17) is 9.47 Å². The molecular weight excluding hydrogens is 346 g/mol. The van der Waals surface area contributed by atoms with Crippen LogP contribution < -0.4 is 9.47 Å². The second-order valence-electron chi connectivity index (χ2n) is 5.96. The average Bonchev–Trinajstić information content (AvgIpc) is 2.60. The highest BCUT2D eigenvalue weighted by Gasteiger charge is 2.31. The zero-order valence-corrected chi connectivity index (χ0v) is 16.1. The van der Waals surface area contributed by atoms with Crippen LogP contribution in [0.3, 0.4) is 0 Å². The number of hydrogen-bond donors (Lipinski definition) is 0. The molecule has 0 unspecified atom stereocenters. The molecule has 140 valence electrons. The summed E-state index contributed by atoms with van der Waals surface area (Å²) < 4.78 is 37.5. The first-order chi connectivity index (χ1) is 11.7. The summed E-state index contributed by atoms with van der Waals surface area (Å²) in [5, 5.41) is 0. The van der Waals surface area contributed by atoms with Crippen LogP contribution in [0.4, 0.5) is 0 Å². The molecule has 1 heterocycles. The van der Waals surface area contributed by atoms with Crippen molar-refractivity contribution in [2.75, 3.05) is 54.5 Å². The number of rotatable bonds is 5. The summed E-state index contributed by atoms with van der Waals surface area (Å²) in [6, 6.07) is 3.41. The largest absolute Gasteiger partial charge is 0.496 e. The van der Waals surface area contributed by atoms with Crippen LogP contribution in [0.1, 0.15) is 15.9 Å². The Labute approximate surface area is 149 Å². The maximum absolute atomic E-state index is 12.8. The number of piperazine rings is 1. The van der Waals surface area contributed by atoms with E-state index in [9.17, 15) is 13.2 Å². The van der Waals surface area contributed by atoms with Crippen molar-refractivity contribution in [1.82, 2.24) is 13.5 Å². The van der Waals surface area contributed by atoms with Gasteiger partial charge in [-0.2, -0.15) is 17.0 Å². The van der Waals surface area contributed by atoms with E-state index in [1.165, 1.54) is 29.8 Å². The van der Waals surface area contributed by atoms with Gasteiger partial charge in [0.2, 0.25) is 0 Å². The minimum atomic E-state index is -3.45. The van der Waals surface area contributed by atoms with Gasteiger partial charge in [-0.25, -0.2) is 0 Å². The third-order valence-electron chi connectivity index (χ3n) is 4.32. The highest BCUT2D eigenvalue weighted by atomic mass is 32.2. The molecule has 1 amide bonds. The van der Waals surface area contributed by atoms with Crippen molar-refractivity contribution in [3.8, 4) is 11.5 Å². The van der Waals surface area contributed by atoms with Crippen LogP contribution in [0, 0.1) is 6.92 Å². The summed E-state index contributed by atoms with van der Waals surface area (Å²) in [5.74, 6) is 0.951. The van der Waals surface area contributed by atoms with E-state index in [2.05, 4.69) is 0 Å². The Morgan fingerprint density at radius 1 is 1.08 bits per heavy atom. The number of carbonyl (C=O) groups is 1.